The summed E-state index contributed by atoms with van der Waals surface area (Å²) in [6.45, 7) is 4.24. The van der Waals surface area contributed by atoms with Gasteiger partial charge >= 0.3 is 0 Å². The van der Waals surface area contributed by atoms with Gasteiger partial charge in [-0.2, -0.15) is 0 Å². The Hall–Kier alpha value is -1.48. The first-order valence-corrected chi connectivity index (χ1v) is 6.01. The minimum atomic E-state index is -0.0529. The van der Waals surface area contributed by atoms with Gasteiger partial charge in [0.15, 0.2) is 0 Å². The van der Waals surface area contributed by atoms with Gasteiger partial charge in [0.2, 0.25) is 0 Å². The van der Waals surface area contributed by atoms with Gasteiger partial charge < -0.3 is 0 Å². The molecule has 0 radical (unpaired) electrons. The molecule has 3 nitrogen and oxygen atoms in total. The second kappa shape index (κ2) is 4.80. The highest BCUT2D eigenvalue weighted by molar-refractivity contribution is 6.30. The predicted molar refractivity (Wildman–Crippen MR) is 69.9 cm³/mol. The fourth-order valence-electron chi connectivity index (χ4n) is 1.80. The molecule has 0 spiro atoms. The fraction of sp³-hybridized carbons (Fsp3) is 0.308. The maximum Gasteiger partial charge on any atom is 0.271 e. The average Bonchev–Trinajstić information content (AvgIpc) is 2.58. The van der Waals surface area contributed by atoms with Crippen LogP contribution in [0.1, 0.15) is 19.5 Å². The predicted octanol–water partition coefficient (Wildman–Crippen LogP) is 3.02. The lowest BCUT2D eigenvalue weighted by Gasteiger charge is -2.03. The highest BCUT2D eigenvalue weighted by Crippen LogP contribution is 2.13. The third kappa shape index (κ3) is 2.80. The zero-order valence-electron chi connectivity index (χ0n) is 9.90. The Bertz CT molecular complexity index is 569. The molecule has 1 heterocycles. The van der Waals surface area contributed by atoms with Crippen molar-refractivity contribution >= 4 is 11.6 Å². The molecule has 0 aliphatic carbocycles. The van der Waals surface area contributed by atoms with E-state index in [-0.39, 0.29) is 5.56 Å². The minimum Gasteiger partial charge on any atom is -0.295 e. The summed E-state index contributed by atoms with van der Waals surface area (Å²) in [5.41, 5.74) is 1.66. The van der Waals surface area contributed by atoms with Crippen LogP contribution < -0.4 is 5.56 Å². The van der Waals surface area contributed by atoms with E-state index in [0.29, 0.717) is 10.9 Å². The van der Waals surface area contributed by atoms with E-state index in [1.165, 1.54) is 4.68 Å². The Kier molecular flexibility index (Phi) is 3.38. The summed E-state index contributed by atoms with van der Waals surface area (Å²) in [5, 5.41) is 3.72. The highest BCUT2D eigenvalue weighted by atomic mass is 35.5. The van der Waals surface area contributed by atoms with Crippen molar-refractivity contribution < 1.29 is 0 Å². The molecule has 0 aliphatic rings. The number of rotatable bonds is 3. The van der Waals surface area contributed by atoms with Crippen LogP contribution in [0.2, 0.25) is 5.02 Å². The Balaban J connectivity index is 2.39. The molecule has 2 rings (SSSR count). The van der Waals surface area contributed by atoms with Gasteiger partial charge in [-0.3, -0.25) is 9.89 Å². The molecule has 2 aromatic rings. The lowest BCUT2D eigenvalue weighted by Crippen LogP contribution is -2.13. The molecule has 4 heteroatoms. The molecule has 1 N–H and O–H groups in total. The largest absolute Gasteiger partial charge is 0.295 e. The monoisotopic (exact) mass is 250 g/mol. The van der Waals surface area contributed by atoms with Gasteiger partial charge in [0.25, 0.3) is 5.56 Å². The van der Waals surface area contributed by atoms with Gasteiger partial charge in [0.1, 0.15) is 0 Å². The lowest BCUT2D eigenvalue weighted by molar-refractivity contribution is 0.628. The first-order valence-electron chi connectivity index (χ1n) is 5.63. The summed E-state index contributed by atoms with van der Waals surface area (Å²) in [6.07, 6.45) is 0.864. The van der Waals surface area contributed by atoms with Crippen LogP contribution in [0.4, 0.5) is 0 Å². The van der Waals surface area contributed by atoms with Crippen LogP contribution in [-0.4, -0.2) is 9.78 Å². The van der Waals surface area contributed by atoms with Gasteiger partial charge in [-0.1, -0.05) is 31.5 Å². The van der Waals surface area contributed by atoms with Crippen molar-refractivity contribution in [2.45, 2.75) is 20.3 Å². The fourth-order valence-corrected chi connectivity index (χ4v) is 1.98. The Labute approximate surface area is 105 Å². The molecule has 0 saturated carbocycles. The SMILES string of the molecule is CC(C)Cc1cc(=O)n(-c2cccc(Cl)c2)[nH]1. The zero-order chi connectivity index (χ0) is 12.4. The van der Waals surface area contributed by atoms with E-state index >= 15 is 0 Å². The van der Waals surface area contributed by atoms with Crippen molar-refractivity contribution in [3.8, 4) is 5.69 Å². The number of hydrogen-bond acceptors (Lipinski definition) is 1. The van der Waals surface area contributed by atoms with Gasteiger partial charge in [-0.25, -0.2) is 4.68 Å². The molecule has 1 aromatic carbocycles. The molecule has 0 amide bonds. The maximum absolute atomic E-state index is 11.8. The highest BCUT2D eigenvalue weighted by Gasteiger charge is 2.06. The third-order valence-electron chi connectivity index (χ3n) is 2.47. The van der Waals surface area contributed by atoms with Crippen LogP contribution in [0.25, 0.3) is 5.69 Å². The van der Waals surface area contributed by atoms with Crippen molar-refractivity contribution in [2.24, 2.45) is 5.92 Å². The molecule has 0 fully saturated rings. The van der Waals surface area contributed by atoms with Gasteiger partial charge in [-0.05, 0) is 30.5 Å². The van der Waals surface area contributed by atoms with Crippen molar-refractivity contribution in [1.29, 1.82) is 0 Å². The van der Waals surface area contributed by atoms with E-state index in [4.69, 9.17) is 11.6 Å². The summed E-state index contributed by atoms with van der Waals surface area (Å²) in [5.74, 6) is 0.515. The molecular weight excluding hydrogens is 236 g/mol. The van der Waals surface area contributed by atoms with E-state index in [2.05, 4.69) is 18.9 Å². The van der Waals surface area contributed by atoms with Crippen molar-refractivity contribution in [1.82, 2.24) is 9.78 Å². The van der Waals surface area contributed by atoms with Crippen molar-refractivity contribution in [3.63, 3.8) is 0 Å². The molecule has 0 unspecified atom stereocenters. The van der Waals surface area contributed by atoms with Crippen molar-refractivity contribution in [2.75, 3.05) is 0 Å². The standard InChI is InChI=1S/C13H15ClN2O/c1-9(2)6-11-8-13(17)16(15-11)12-5-3-4-10(14)7-12/h3-5,7-9,15H,6H2,1-2H3. The molecule has 0 saturated heterocycles. The number of benzene rings is 1. The second-order valence-corrected chi connectivity index (χ2v) is 4.97. The van der Waals surface area contributed by atoms with Crippen LogP contribution >= 0.6 is 11.6 Å². The van der Waals surface area contributed by atoms with Crippen LogP contribution in [-0.2, 0) is 6.42 Å². The van der Waals surface area contributed by atoms with E-state index < -0.39 is 0 Å². The lowest BCUT2D eigenvalue weighted by atomic mass is 10.1. The molecule has 0 aliphatic heterocycles. The Morgan fingerprint density at radius 2 is 2.12 bits per heavy atom. The first-order chi connectivity index (χ1) is 8.06. The van der Waals surface area contributed by atoms with Gasteiger partial charge in [0.05, 0.1) is 5.69 Å². The first kappa shape index (κ1) is 12.0. The van der Waals surface area contributed by atoms with E-state index in [1.54, 1.807) is 18.2 Å². The zero-order valence-corrected chi connectivity index (χ0v) is 10.7. The summed E-state index contributed by atoms with van der Waals surface area (Å²) >= 11 is 5.91. The Morgan fingerprint density at radius 3 is 2.76 bits per heavy atom. The number of H-pyrrole nitrogens is 1. The van der Waals surface area contributed by atoms with E-state index in [0.717, 1.165) is 17.8 Å². The number of nitrogens with one attached hydrogen (secondary N) is 1. The van der Waals surface area contributed by atoms with Crippen LogP contribution in [0.3, 0.4) is 0 Å². The van der Waals surface area contributed by atoms with Gasteiger partial charge in [0, 0.05) is 16.8 Å². The average molecular weight is 251 g/mol. The number of hydrogen-bond donors (Lipinski definition) is 1. The molecule has 0 atom stereocenters. The molecular formula is C13H15ClN2O. The van der Waals surface area contributed by atoms with Crippen LogP contribution in [0.15, 0.2) is 35.1 Å². The van der Waals surface area contributed by atoms with Gasteiger partial charge in [-0.15, -0.1) is 0 Å². The third-order valence-corrected chi connectivity index (χ3v) is 2.70. The van der Waals surface area contributed by atoms with Crippen LogP contribution in [0, 0.1) is 5.92 Å². The molecule has 17 heavy (non-hydrogen) atoms. The number of nitrogens with zero attached hydrogens (tertiary/aromatic N) is 1. The normalized spacial score (nSPS) is 11.1. The molecule has 1 aromatic heterocycles. The number of halogens is 1. The van der Waals surface area contributed by atoms with E-state index in [9.17, 15) is 4.79 Å². The summed E-state index contributed by atoms with van der Waals surface area (Å²) in [6, 6.07) is 8.86. The number of aromatic nitrogens is 2. The minimum absolute atomic E-state index is 0.0529. The summed E-state index contributed by atoms with van der Waals surface area (Å²) in [4.78, 5) is 11.8. The van der Waals surface area contributed by atoms with Crippen molar-refractivity contribution in [3.05, 3.63) is 51.4 Å². The topological polar surface area (TPSA) is 37.8 Å². The number of aromatic amines is 1. The molecule has 0 bridgehead atoms. The van der Waals surface area contributed by atoms with Crippen LogP contribution in [0.5, 0.6) is 0 Å². The summed E-state index contributed by atoms with van der Waals surface area (Å²) in [7, 11) is 0. The maximum atomic E-state index is 11.8. The quantitative estimate of drug-likeness (QED) is 0.894. The summed E-state index contributed by atoms with van der Waals surface area (Å²) < 4.78 is 1.52. The molecule has 90 valence electrons. The second-order valence-electron chi connectivity index (χ2n) is 4.53. The van der Waals surface area contributed by atoms with E-state index in [1.807, 2.05) is 12.1 Å². The Morgan fingerprint density at radius 1 is 1.35 bits per heavy atom. The smallest absolute Gasteiger partial charge is 0.271 e.